The maximum Gasteiger partial charge on any atom is 0.133 e. The second kappa shape index (κ2) is 4.97. The van der Waals surface area contributed by atoms with Gasteiger partial charge in [-0.25, -0.2) is 4.98 Å². The fourth-order valence-corrected chi connectivity index (χ4v) is 3.08. The number of thiol groups is 1. The summed E-state index contributed by atoms with van der Waals surface area (Å²) in [5, 5.41) is 0.678. The minimum Gasteiger partial charge on any atom is -0.396 e. The predicted molar refractivity (Wildman–Crippen MR) is 75.6 cm³/mol. The number of fused-ring (bicyclic) bond motifs is 1. The third-order valence-electron chi connectivity index (χ3n) is 3.83. The van der Waals surface area contributed by atoms with E-state index >= 15 is 0 Å². The molecule has 1 fully saturated rings. The Bertz CT molecular complexity index is 458. The molecule has 4 nitrogen and oxygen atoms in total. The van der Waals surface area contributed by atoms with Crippen LogP contribution in [0.15, 0.2) is 5.03 Å². The minimum absolute atomic E-state index is 0.678. The van der Waals surface area contributed by atoms with Gasteiger partial charge in [0, 0.05) is 18.7 Å². The Hall–Kier alpha value is -0.940. The number of morpholine rings is 1. The zero-order valence-electron chi connectivity index (χ0n) is 10.5. The molecule has 2 heterocycles. The van der Waals surface area contributed by atoms with Crippen LogP contribution < -0.4 is 10.6 Å². The maximum atomic E-state index is 6.12. The zero-order chi connectivity index (χ0) is 12.5. The van der Waals surface area contributed by atoms with Gasteiger partial charge in [0.1, 0.15) is 10.8 Å². The zero-order valence-corrected chi connectivity index (χ0v) is 11.4. The first-order valence-corrected chi connectivity index (χ1v) is 7.05. The van der Waals surface area contributed by atoms with Gasteiger partial charge in [0.2, 0.25) is 0 Å². The van der Waals surface area contributed by atoms with Gasteiger partial charge in [-0.05, 0) is 31.2 Å². The van der Waals surface area contributed by atoms with E-state index in [1.807, 2.05) is 0 Å². The number of anilines is 2. The van der Waals surface area contributed by atoms with Gasteiger partial charge < -0.3 is 15.4 Å². The van der Waals surface area contributed by atoms with E-state index in [0.29, 0.717) is 5.03 Å². The summed E-state index contributed by atoms with van der Waals surface area (Å²) in [6.07, 6.45) is 4.61. The monoisotopic (exact) mass is 265 g/mol. The highest BCUT2D eigenvalue weighted by Gasteiger charge is 2.23. The Morgan fingerprint density at radius 2 is 1.78 bits per heavy atom. The summed E-state index contributed by atoms with van der Waals surface area (Å²) in [7, 11) is 0. The number of nitrogens with zero attached hydrogens (tertiary/aromatic N) is 2. The van der Waals surface area contributed by atoms with Crippen LogP contribution in [-0.4, -0.2) is 31.3 Å². The van der Waals surface area contributed by atoms with Gasteiger partial charge in [0.05, 0.1) is 18.9 Å². The van der Waals surface area contributed by atoms with Crippen molar-refractivity contribution in [2.75, 3.05) is 36.9 Å². The molecule has 5 heteroatoms. The molecule has 18 heavy (non-hydrogen) atoms. The lowest BCUT2D eigenvalue weighted by Crippen LogP contribution is -2.38. The van der Waals surface area contributed by atoms with Gasteiger partial charge in [-0.15, -0.1) is 12.6 Å². The molecule has 2 N–H and O–H groups in total. The Morgan fingerprint density at radius 3 is 2.50 bits per heavy atom. The SMILES string of the molecule is Nc1c(S)nc(N2CCOCC2)c2c1CCCC2. The molecule has 0 saturated carbocycles. The van der Waals surface area contributed by atoms with E-state index in [2.05, 4.69) is 22.5 Å². The predicted octanol–water partition coefficient (Wildman–Crippen LogP) is 1.67. The molecule has 3 rings (SSSR count). The van der Waals surface area contributed by atoms with Crippen LogP contribution in [0.1, 0.15) is 24.0 Å². The lowest BCUT2D eigenvalue weighted by molar-refractivity contribution is 0.122. The maximum absolute atomic E-state index is 6.12. The van der Waals surface area contributed by atoms with Gasteiger partial charge in [-0.2, -0.15) is 0 Å². The molecule has 1 saturated heterocycles. The summed E-state index contributed by atoms with van der Waals surface area (Å²) in [5.41, 5.74) is 9.53. The molecule has 0 amide bonds. The average Bonchev–Trinajstić information content (AvgIpc) is 2.44. The summed E-state index contributed by atoms with van der Waals surface area (Å²) in [5.74, 6) is 1.09. The number of pyridine rings is 1. The van der Waals surface area contributed by atoms with E-state index in [1.165, 1.54) is 24.0 Å². The van der Waals surface area contributed by atoms with Crippen LogP contribution >= 0.6 is 12.6 Å². The van der Waals surface area contributed by atoms with Gasteiger partial charge in [-0.1, -0.05) is 0 Å². The largest absolute Gasteiger partial charge is 0.396 e. The van der Waals surface area contributed by atoms with Crippen molar-refractivity contribution in [2.45, 2.75) is 30.7 Å². The Balaban J connectivity index is 2.05. The molecule has 2 aliphatic rings. The van der Waals surface area contributed by atoms with Crippen molar-refractivity contribution in [3.05, 3.63) is 11.1 Å². The first-order valence-electron chi connectivity index (χ1n) is 6.60. The Morgan fingerprint density at radius 1 is 1.11 bits per heavy atom. The second-order valence-electron chi connectivity index (χ2n) is 4.94. The number of nitrogen functional groups attached to an aromatic ring is 1. The van der Waals surface area contributed by atoms with Crippen LogP contribution in [0.5, 0.6) is 0 Å². The van der Waals surface area contributed by atoms with E-state index < -0.39 is 0 Å². The molecule has 98 valence electrons. The van der Waals surface area contributed by atoms with E-state index in [1.54, 1.807) is 0 Å². The topological polar surface area (TPSA) is 51.4 Å². The molecule has 1 aromatic heterocycles. The third-order valence-corrected chi connectivity index (χ3v) is 4.17. The molecule has 0 spiro atoms. The fourth-order valence-electron chi connectivity index (χ4n) is 2.85. The number of hydrogen-bond donors (Lipinski definition) is 2. The summed E-state index contributed by atoms with van der Waals surface area (Å²) in [6, 6.07) is 0. The number of ether oxygens (including phenoxy) is 1. The van der Waals surface area contributed by atoms with Crippen molar-refractivity contribution in [1.82, 2.24) is 4.98 Å². The van der Waals surface area contributed by atoms with E-state index in [-0.39, 0.29) is 0 Å². The number of nitrogens with two attached hydrogens (primary N) is 1. The van der Waals surface area contributed by atoms with Crippen LogP contribution in [0.2, 0.25) is 0 Å². The first kappa shape index (κ1) is 12.1. The number of hydrogen-bond acceptors (Lipinski definition) is 5. The van der Waals surface area contributed by atoms with Crippen LogP contribution in [-0.2, 0) is 17.6 Å². The number of aromatic nitrogens is 1. The third kappa shape index (κ3) is 2.06. The van der Waals surface area contributed by atoms with Crippen molar-refractivity contribution in [3.8, 4) is 0 Å². The Kier molecular flexibility index (Phi) is 3.35. The van der Waals surface area contributed by atoms with E-state index in [0.717, 1.165) is 50.7 Å². The molecule has 0 unspecified atom stereocenters. The molecule has 0 radical (unpaired) electrons. The number of rotatable bonds is 1. The molecule has 1 aliphatic heterocycles. The van der Waals surface area contributed by atoms with Crippen LogP contribution in [0.25, 0.3) is 0 Å². The molecule has 0 atom stereocenters. The van der Waals surface area contributed by atoms with Crippen molar-refractivity contribution in [1.29, 1.82) is 0 Å². The van der Waals surface area contributed by atoms with Crippen LogP contribution in [0, 0.1) is 0 Å². The normalized spacial score (nSPS) is 19.7. The van der Waals surface area contributed by atoms with Gasteiger partial charge >= 0.3 is 0 Å². The van der Waals surface area contributed by atoms with Crippen LogP contribution in [0.3, 0.4) is 0 Å². The van der Waals surface area contributed by atoms with Crippen molar-refractivity contribution >= 4 is 24.1 Å². The lowest BCUT2D eigenvalue weighted by atomic mass is 9.91. The highest BCUT2D eigenvalue weighted by Crippen LogP contribution is 2.35. The van der Waals surface area contributed by atoms with Gasteiger partial charge in [0.15, 0.2) is 0 Å². The summed E-state index contributed by atoms with van der Waals surface area (Å²) < 4.78 is 5.41. The van der Waals surface area contributed by atoms with Gasteiger partial charge in [-0.3, -0.25) is 0 Å². The quantitative estimate of drug-likeness (QED) is 0.758. The second-order valence-corrected chi connectivity index (χ2v) is 5.36. The van der Waals surface area contributed by atoms with Crippen molar-refractivity contribution < 1.29 is 4.74 Å². The van der Waals surface area contributed by atoms with Crippen LogP contribution in [0.4, 0.5) is 11.5 Å². The average molecular weight is 265 g/mol. The molecular formula is C13H19N3OS. The van der Waals surface area contributed by atoms with Crippen molar-refractivity contribution in [3.63, 3.8) is 0 Å². The smallest absolute Gasteiger partial charge is 0.133 e. The first-order chi connectivity index (χ1) is 8.77. The molecule has 0 bridgehead atoms. The molecule has 1 aliphatic carbocycles. The highest BCUT2D eigenvalue weighted by atomic mass is 32.1. The lowest BCUT2D eigenvalue weighted by Gasteiger charge is -2.32. The minimum atomic E-state index is 0.678. The highest BCUT2D eigenvalue weighted by molar-refractivity contribution is 7.80. The fraction of sp³-hybridized carbons (Fsp3) is 0.615. The molecule has 1 aromatic rings. The van der Waals surface area contributed by atoms with E-state index in [9.17, 15) is 0 Å². The van der Waals surface area contributed by atoms with Gasteiger partial charge in [0.25, 0.3) is 0 Å². The Labute approximate surface area is 113 Å². The standard InChI is InChI=1S/C13H19N3OS/c14-11-9-3-1-2-4-10(9)12(15-13(11)18)16-5-7-17-8-6-16/h1-8,14H2,(H,15,18). The summed E-state index contributed by atoms with van der Waals surface area (Å²) in [6.45, 7) is 3.39. The summed E-state index contributed by atoms with van der Waals surface area (Å²) >= 11 is 4.43. The van der Waals surface area contributed by atoms with E-state index in [4.69, 9.17) is 10.5 Å². The molecular weight excluding hydrogens is 246 g/mol. The summed E-state index contributed by atoms with van der Waals surface area (Å²) in [4.78, 5) is 6.93. The van der Waals surface area contributed by atoms with Crippen molar-refractivity contribution in [2.24, 2.45) is 0 Å². The molecule has 0 aromatic carbocycles.